The third kappa shape index (κ3) is 4.61. The molecular weight excluding hydrogens is 360 g/mol. The highest BCUT2D eigenvalue weighted by atomic mass is 32.2. The van der Waals surface area contributed by atoms with Crippen LogP contribution in [-0.2, 0) is 9.84 Å². The van der Waals surface area contributed by atoms with Crippen LogP contribution >= 0.6 is 0 Å². The summed E-state index contributed by atoms with van der Waals surface area (Å²) >= 11 is 0. The average Bonchev–Trinajstić information content (AvgIpc) is 3.34. The van der Waals surface area contributed by atoms with Crippen molar-refractivity contribution in [2.45, 2.75) is 58.0 Å². The Hall–Kier alpha value is -0.820. The SMILES string of the molecule is CC(C)NC(=NCC1CCS(=O)(=O)C1)N1CCN(C2CC3CCC2C3)CC1. The molecule has 4 atom stereocenters. The summed E-state index contributed by atoms with van der Waals surface area (Å²) in [5.74, 6) is 3.76. The van der Waals surface area contributed by atoms with Gasteiger partial charge in [-0.3, -0.25) is 9.89 Å². The zero-order valence-corrected chi connectivity index (χ0v) is 17.8. The van der Waals surface area contributed by atoms with E-state index in [2.05, 4.69) is 29.0 Å². The standard InChI is InChI=1S/C20H36N4O2S/c1-15(2)22-20(21-13-17-5-10-27(25,26)14-17)24-8-6-23(7-9-24)19-12-16-3-4-18(19)11-16/h15-19H,3-14H2,1-2H3,(H,21,22). The maximum atomic E-state index is 11.7. The molecule has 0 aromatic heterocycles. The molecule has 4 aliphatic rings. The quantitative estimate of drug-likeness (QED) is 0.577. The molecule has 0 spiro atoms. The van der Waals surface area contributed by atoms with E-state index in [1.807, 2.05) is 0 Å². The van der Waals surface area contributed by atoms with E-state index in [9.17, 15) is 8.42 Å². The predicted molar refractivity (Wildman–Crippen MR) is 110 cm³/mol. The summed E-state index contributed by atoms with van der Waals surface area (Å²) in [6.07, 6.45) is 6.57. The van der Waals surface area contributed by atoms with Gasteiger partial charge in [-0.25, -0.2) is 8.42 Å². The van der Waals surface area contributed by atoms with Gasteiger partial charge in [-0.15, -0.1) is 0 Å². The summed E-state index contributed by atoms with van der Waals surface area (Å²) in [6, 6.07) is 1.16. The number of sulfone groups is 1. The normalized spacial score (nSPS) is 36.7. The molecular formula is C20H36N4O2S. The van der Waals surface area contributed by atoms with Crippen LogP contribution in [0, 0.1) is 17.8 Å². The smallest absolute Gasteiger partial charge is 0.194 e. The summed E-state index contributed by atoms with van der Waals surface area (Å²) in [4.78, 5) is 9.96. The maximum absolute atomic E-state index is 11.7. The van der Waals surface area contributed by atoms with E-state index >= 15 is 0 Å². The van der Waals surface area contributed by atoms with Crippen molar-refractivity contribution in [3.05, 3.63) is 0 Å². The van der Waals surface area contributed by atoms with Crippen LogP contribution in [0.15, 0.2) is 4.99 Å². The van der Waals surface area contributed by atoms with Crippen LogP contribution in [-0.4, -0.2) is 80.5 Å². The highest BCUT2D eigenvalue weighted by Crippen LogP contribution is 2.46. The van der Waals surface area contributed by atoms with Crippen molar-refractivity contribution in [1.82, 2.24) is 15.1 Å². The average molecular weight is 397 g/mol. The molecule has 2 bridgehead atoms. The predicted octanol–water partition coefficient (Wildman–Crippen LogP) is 1.58. The molecule has 4 fully saturated rings. The van der Waals surface area contributed by atoms with Gasteiger partial charge in [0.2, 0.25) is 0 Å². The lowest BCUT2D eigenvalue weighted by atomic mass is 9.93. The first-order valence-electron chi connectivity index (χ1n) is 10.9. The van der Waals surface area contributed by atoms with E-state index in [0.717, 1.165) is 56.4 Å². The molecule has 27 heavy (non-hydrogen) atoms. The molecule has 2 aliphatic heterocycles. The minimum absolute atomic E-state index is 0.189. The van der Waals surface area contributed by atoms with Gasteiger partial charge in [-0.2, -0.15) is 0 Å². The Morgan fingerprint density at radius 1 is 1.11 bits per heavy atom. The van der Waals surface area contributed by atoms with Gasteiger partial charge < -0.3 is 10.2 Å². The second kappa shape index (κ2) is 7.90. The van der Waals surface area contributed by atoms with Crippen LogP contribution in [0.4, 0.5) is 0 Å². The Balaban J connectivity index is 1.33. The summed E-state index contributed by atoms with van der Waals surface area (Å²) in [6.45, 7) is 9.21. The Morgan fingerprint density at radius 2 is 1.89 bits per heavy atom. The first-order valence-corrected chi connectivity index (χ1v) is 12.7. The number of nitrogens with one attached hydrogen (secondary N) is 1. The van der Waals surface area contributed by atoms with E-state index < -0.39 is 9.84 Å². The fraction of sp³-hybridized carbons (Fsp3) is 0.950. The Kier molecular flexibility index (Phi) is 5.70. The lowest BCUT2D eigenvalue weighted by Crippen LogP contribution is -2.56. The van der Waals surface area contributed by atoms with Gasteiger partial charge in [0, 0.05) is 44.8 Å². The zero-order chi connectivity index (χ0) is 19.0. The molecule has 2 saturated carbocycles. The first-order chi connectivity index (χ1) is 12.9. The number of fused-ring (bicyclic) bond motifs is 2. The highest BCUT2D eigenvalue weighted by molar-refractivity contribution is 7.91. The molecule has 0 aromatic carbocycles. The molecule has 2 aliphatic carbocycles. The van der Waals surface area contributed by atoms with Crippen LogP contribution < -0.4 is 5.32 Å². The minimum atomic E-state index is -2.82. The van der Waals surface area contributed by atoms with Crippen LogP contribution in [0.5, 0.6) is 0 Å². The van der Waals surface area contributed by atoms with Crippen LogP contribution in [0.1, 0.15) is 46.0 Å². The molecule has 0 aromatic rings. The van der Waals surface area contributed by atoms with Gasteiger partial charge in [0.1, 0.15) is 0 Å². The molecule has 6 nitrogen and oxygen atoms in total. The van der Waals surface area contributed by atoms with Crippen molar-refractivity contribution in [2.24, 2.45) is 22.7 Å². The molecule has 7 heteroatoms. The number of rotatable bonds is 4. The number of nitrogens with zero attached hydrogens (tertiary/aromatic N) is 3. The Labute approximate surface area is 164 Å². The monoisotopic (exact) mass is 396 g/mol. The maximum Gasteiger partial charge on any atom is 0.194 e. The second-order valence-corrected chi connectivity index (χ2v) is 11.7. The van der Waals surface area contributed by atoms with Crippen LogP contribution in [0.2, 0.25) is 0 Å². The van der Waals surface area contributed by atoms with Crippen molar-refractivity contribution >= 4 is 15.8 Å². The molecule has 4 rings (SSSR count). The number of piperazine rings is 1. The molecule has 2 heterocycles. The van der Waals surface area contributed by atoms with E-state index in [0.29, 0.717) is 24.1 Å². The van der Waals surface area contributed by atoms with Crippen LogP contribution in [0.3, 0.4) is 0 Å². The van der Waals surface area contributed by atoms with Crippen molar-refractivity contribution in [1.29, 1.82) is 0 Å². The van der Waals surface area contributed by atoms with Crippen molar-refractivity contribution in [2.75, 3.05) is 44.2 Å². The highest BCUT2D eigenvalue weighted by Gasteiger charge is 2.42. The second-order valence-electron chi connectivity index (χ2n) is 9.50. The molecule has 154 valence electrons. The summed E-state index contributed by atoms with van der Waals surface area (Å²) in [5, 5.41) is 3.51. The third-order valence-corrected chi connectivity index (χ3v) is 8.86. The van der Waals surface area contributed by atoms with Gasteiger partial charge in [0.25, 0.3) is 0 Å². The van der Waals surface area contributed by atoms with Crippen molar-refractivity contribution in [3.8, 4) is 0 Å². The summed E-state index contributed by atoms with van der Waals surface area (Å²) in [7, 11) is -2.82. The first kappa shape index (κ1) is 19.5. The summed E-state index contributed by atoms with van der Waals surface area (Å²) < 4.78 is 23.4. The van der Waals surface area contributed by atoms with Gasteiger partial charge in [-0.05, 0) is 57.3 Å². The fourth-order valence-corrected chi connectivity index (χ4v) is 7.50. The molecule has 4 unspecified atom stereocenters. The van der Waals surface area contributed by atoms with Gasteiger partial charge in [0.15, 0.2) is 15.8 Å². The van der Waals surface area contributed by atoms with E-state index in [4.69, 9.17) is 4.99 Å². The van der Waals surface area contributed by atoms with Gasteiger partial charge >= 0.3 is 0 Å². The van der Waals surface area contributed by atoms with E-state index in [1.54, 1.807) is 0 Å². The molecule has 0 amide bonds. The Morgan fingerprint density at radius 3 is 2.44 bits per heavy atom. The molecule has 0 radical (unpaired) electrons. The topological polar surface area (TPSA) is 65.0 Å². The largest absolute Gasteiger partial charge is 0.354 e. The number of aliphatic imine (C=N–C) groups is 1. The van der Waals surface area contributed by atoms with Crippen molar-refractivity contribution in [3.63, 3.8) is 0 Å². The number of hydrogen-bond donors (Lipinski definition) is 1. The number of guanidine groups is 1. The Bertz CT molecular complexity index is 655. The van der Waals surface area contributed by atoms with Crippen molar-refractivity contribution < 1.29 is 8.42 Å². The fourth-order valence-electron chi connectivity index (χ4n) is 5.65. The van der Waals surface area contributed by atoms with E-state index in [-0.39, 0.29) is 5.92 Å². The molecule has 1 N–H and O–H groups in total. The molecule has 2 saturated heterocycles. The van der Waals surface area contributed by atoms with E-state index in [1.165, 1.54) is 25.7 Å². The summed E-state index contributed by atoms with van der Waals surface area (Å²) in [5.41, 5.74) is 0. The lowest BCUT2D eigenvalue weighted by Gasteiger charge is -2.42. The van der Waals surface area contributed by atoms with Gasteiger partial charge in [0.05, 0.1) is 11.5 Å². The zero-order valence-electron chi connectivity index (χ0n) is 16.9. The number of hydrogen-bond acceptors (Lipinski definition) is 4. The van der Waals surface area contributed by atoms with Gasteiger partial charge in [-0.1, -0.05) is 6.42 Å². The third-order valence-electron chi connectivity index (χ3n) is 7.03. The minimum Gasteiger partial charge on any atom is -0.354 e. The lowest BCUT2D eigenvalue weighted by molar-refractivity contribution is 0.0955. The van der Waals surface area contributed by atoms with Crippen LogP contribution in [0.25, 0.3) is 0 Å².